The first kappa shape index (κ1) is 16.1. The number of pyridine rings is 1. The number of aromatic nitrogens is 1. The molecule has 0 bridgehead atoms. The van der Waals surface area contributed by atoms with Crippen molar-refractivity contribution in [2.75, 3.05) is 30.3 Å². The Morgan fingerprint density at radius 3 is 3.00 bits per heavy atom. The van der Waals surface area contributed by atoms with Crippen molar-refractivity contribution in [2.24, 2.45) is 0 Å². The summed E-state index contributed by atoms with van der Waals surface area (Å²) >= 11 is 5.61. The Morgan fingerprint density at radius 2 is 2.25 bits per heavy atom. The van der Waals surface area contributed by atoms with Gasteiger partial charge in [0.05, 0.1) is 0 Å². The Labute approximate surface area is 135 Å². The van der Waals surface area contributed by atoms with E-state index in [1.807, 2.05) is 6.20 Å². The van der Waals surface area contributed by atoms with Crippen molar-refractivity contribution in [2.45, 2.75) is 38.5 Å². The second-order valence-electron chi connectivity index (χ2n) is 5.76. The van der Waals surface area contributed by atoms with Crippen LogP contribution in [0.2, 0.25) is 0 Å². The largest absolute Gasteiger partial charge is 0.355 e. The molecule has 1 aliphatic rings. The molecule has 2 rings (SSSR count). The molecule has 1 saturated heterocycles. The summed E-state index contributed by atoms with van der Waals surface area (Å²) in [6.45, 7) is 10.9. The van der Waals surface area contributed by atoms with Crippen LogP contribution in [0.3, 0.4) is 0 Å². The Balaban J connectivity index is 2.18. The third-order valence-electron chi connectivity index (χ3n) is 3.61. The summed E-state index contributed by atoms with van der Waals surface area (Å²) in [5, 5.41) is 3.41. The molecule has 3 nitrogen and oxygen atoms in total. The summed E-state index contributed by atoms with van der Waals surface area (Å²) in [5.41, 5.74) is 1.28. The quantitative estimate of drug-likeness (QED) is 0.889. The van der Waals surface area contributed by atoms with Crippen molar-refractivity contribution in [3.05, 3.63) is 22.3 Å². The second-order valence-corrected chi connectivity index (χ2v) is 8.48. The molecule has 2 heterocycles. The third kappa shape index (κ3) is 4.37. The number of rotatable bonds is 4. The molecule has 1 N–H and O–H groups in total. The lowest BCUT2D eigenvalue weighted by Gasteiger charge is -2.25. The summed E-state index contributed by atoms with van der Waals surface area (Å²) in [5.74, 6) is 2.32. The van der Waals surface area contributed by atoms with Crippen molar-refractivity contribution in [1.82, 2.24) is 10.3 Å². The van der Waals surface area contributed by atoms with E-state index >= 15 is 0 Å². The number of hydrogen-bond acceptors (Lipinski definition) is 4. The lowest BCUT2D eigenvalue weighted by atomic mass is 10.1. The summed E-state index contributed by atoms with van der Waals surface area (Å²) in [4.78, 5) is 7.12. The zero-order chi connectivity index (χ0) is 14.6. The highest BCUT2D eigenvalue weighted by Crippen LogP contribution is 2.33. The van der Waals surface area contributed by atoms with Gasteiger partial charge in [0.15, 0.2) is 0 Å². The van der Waals surface area contributed by atoms with E-state index in [1.54, 1.807) is 0 Å². The molecule has 0 spiro atoms. The molecule has 0 unspecified atom stereocenters. The fourth-order valence-electron chi connectivity index (χ4n) is 2.38. The number of thioether (sulfide) groups is 1. The minimum atomic E-state index is 0.381. The van der Waals surface area contributed by atoms with Crippen LogP contribution in [-0.4, -0.2) is 35.1 Å². The van der Waals surface area contributed by atoms with Gasteiger partial charge in [-0.05, 0) is 35.0 Å². The van der Waals surface area contributed by atoms with Crippen molar-refractivity contribution in [1.29, 1.82) is 0 Å². The van der Waals surface area contributed by atoms with Crippen molar-refractivity contribution in [3.63, 3.8) is 0 Å². The van der Waals surface area contributed by atoms with Gasteiger partial charge in [-0.3, -0.25) is 0 Å². The highest BCUT2D eigenvalue weighted by molar-refractivity contribution is 9.10. The van der Waals surface area contributed by atoms with Crippen LogP contribution in [0.15, 0.2) is 16.7 Å². The SMILES string of the molecule is CCNCc1cc(Br)cnc1N1CCSC(C)(C)CC1. The maximum Gasteiger partial charge on any atom is 0.133 e. The van der Waals surface area contributed by atoms with E-state index in [4.69, 9.17) is 0 Å². The van der Waals surface area contributed by atoms with Gasteiger partial charge < -0.3 is 10.2 Å². The summed E-state index contributed by atoms with van der Waals surface area (Å²) in [6.07, 6.45) is 3.12. The predicted molar refractivity (Wildman–Crippen MR) is 92.7 cm³/mol. The van der Waals surface area contributed by atoms with Gasteiger partial charge in [0.2, 0.25) is 0 Å². The Morgan fingerprint density at radius 1 is 1.45 bits per heavy atom. The standard InChI is InChI=1S/C15H24BrN3S/c1-4-17-10-12-9-13(16)11-18-14(12)19-6-5-15(2,3)20-8-7-19/h9,11,17H,4-8,10H2,1-3H3. The van der Waals surface area contributed by atoms with E-state index in [2.05, 4.69) is 69.7 Å². The lowest BCUT2D eigenvalue weighted by molar-refractivity contribution is 0.631. The van der Waals surface area contributed by atoms with E-state index in [1.165, 1.54) is 17.7 Å². The molecule has 112 valence electrons. The average Bonchev–Trinajstić information content (AvgIpc) is 2.58. The van der Waals surface area contributed by atoms with Gasteiger partial charge in [0, 0.05) is 46.4 Å². The van der Waals surface area contributed by atoms with E-state index in [-0.39, 0.29) is 0 Å². The van der Waals surface area contributed by atoms with Gasteiger partial charge in [-0.2, -0.15) is 11.8 Å². The van der Waals surface area contributed by atoms with Gasteiger partial charge in [0.25, 0.3) is 0 Å². The van der Waals surface area contributed by atoms with Gasteiger partial charge in [0.1, 0.15) is 5.82 Å². The maximum absolute atomic E-state index is 4.67. The maximum atomic E-state index is 4.67. The third-order valence-corrected chi connectivity index (χ3v) is 5.42. The fourth-order valence-corrected chi connectivity index (χ4v) is 3.86. The monoisotopic (exact) mass is 357 g/mol. The van der Waals surface area contributed by atoms with Crippen molar-refractivity contribution < 1.29 is 0 Å². The lowest BCUT2D eigenvalue weighted by Crippen LogP contribution is -2.29. The molecule has 1 aromatic rings. The number of halogens is 1. The minimum Gasteiger partial charge on any atom is -0.355 e. The molecule has 1 aliphatic heterocycles. The van der Waals surface area contributed by atoms with Crippen LogP contribution in [0.4, 0.5) is 5.82 Å². The first-order valence-electron chi connectivity index (χ1n) is 7.26. The fraction of sp³-hybridized carbons (Fsp3) is 0.667. The second kappa shape index (κ2) is 7.14. The number of anilines is 1. The van der Waals surface area contributed by atoms with E-state index in [9.17, 15) is 0 Å². The molecule has 0 aromatic carbocycles. The van der Waals surface area contributed by atoms with E-state index < -0.39 is 0 Å². The summed E-state index contributed by atoms with van der Waals surface area (Å²) in [6, 6.07) is 2.19. The van der Waals surface area contributed by atoms with E-state index in [0.717, 1.165) is 36.5 Å². The Hall–Kier alpha value is -0.260. The zero-order valence-corrected chi connectivity index (χ0v) is 15.0. The molecule has 20 heavy (non-hydrogen) atoms. The number of nitrogens with one attached hydrogen (secondary N) is 1. The molecule has 0 amide bonds. The van der Waals surface area contributed by atoms with Crippen LogP contribution >= 0.6 is 27.7 Å². The van der Waals surface area contributed by atoms with Gasteiger partial charge in [-0.1, -0.05) is 20.8 Å². The van der Waals surface area contributed by atoms with Gasteiger partial charge >= 0.3 is 0 Å². The highest BCUT2D eigenvalue weighted by atomic mass is 79.9. The predicted octanol–water partition coefficient (Wildman–Crippen LogP) is 3.68. The summed E-state index contributed by atoms with van der Waals surface area (Å²) < 4.78 is 1.44. The zero-order valence-electron chi connectivity index (χ0n) is 12.6. The van der Waals surface area contributed by atoms with Gasteiger partial charge in [-0.15, -0.1) is 0 Å². The number of hydrogen-bond donors (Lipinski definition) is 1. The van der Waals surface area contributed by atoms with Crippen LogP contribution < -0.4 is 10.2 Å². The molecule has 0 aliphatic carbocycles. The number of nitrogens with zero attached hydrogens (tertiary/aromatic N) is 2. The average molecular weight is 358 g/mol. The van der Waals surface area contributed by atoms with Crippen LogP contribution in [0.1, 0.15) is 32.8 Å². The van der Waals surface area contributed by atoms with Crippen LogP contribution in [0.5, 0.6) is 0 Å². The Kier molecular flexibility index (Phi) is 5.75. The van der Waals surface area contributed by atoms with Gasteiger partial charge in [-0.25, -0.2) is 4.98 Å². The molecule has 1 fully saturated rings. The topological polar surface area (TPSA) is 28.2 Å². The first-order valence-corrected chi connectivity index (χ1v) is 9.04. The molecule has 0 saturated carbocycles. The molecule has 5 heteroatoms. The van der Waals surface area contributed by atoms with Crippen molar-refractivity contribution in [3.8, 4) is 0 Å². The normalized spacial score (nSPS) is 18.9. The first-order chi connectivity index (χ1) is 9.52. The molecule has 0 radical (unpaired) electrons. The smallest absolute Gasteiger partial charge is 0.133 e. The molecular weight excluding hydrogens is 334 g/mol. The molecule has 0 atom stereocenters. The summed E-state index contributed by atoms with van der Waals surface area (Å²) in [7, 11) is 0. The highest BCUT2D eigenvalue weighted by Gasteiger charge is 2.25. The minimum absolute atomic E-state index is 0.381. The van der Waals surface area contributed by atoms with Crippen LogP contribution in [-0.2, 0) is 6.54 Å². The van der Waals surface area contributed by atoms with Crippen LogP contribution in [0, 0.1) is 0 Å². The Bertz CT molecular complexity index is 451. The molecular formula is C15H24BrN3S. The van der Waals surface area contributed by atoms with Crippen molar-refractivity contribution >= 4 is 33.5 Å². The van der Waals surface area contributed by atoms with Crippen LogP contribution in [0.25, 0.3) is 0 Å². The van der Waals surface area contributed by atoms with E-state index in [0.29, 0.717) is 4.75 Å². The molecule has 1 aromatic heterocycles.